The zero-order valence-corrected chi connectivity index (χ0v) is 17.3. The monoisotopic (exact) mass is 408 g/mol. The van der Waals surface area contributed by atoms with Gasteiger partial charge in [0.1, 0.15) is 5.60 Å². The number of carbonyl (C=O) groups excluding carboxylic acids is 1. The molecule has 29 heavy (non-hydrogen) atoms. The van der Waals surface area contributed by atoms with Crippen LogP contribution in [-0.4, -0.2) is 62.9 Å². The van der Waals surface area contributed by atoms with Crippen LogP contribution in [0.4, 0.5) is 0 Å². The first-order valence-electron chi connectivity index (χ1n) is 10.3. The van der Waals surface area contributed by atoms with Crippen LogP contribution in [-0.2, 0) is 9.53 Å². The highest BCUT2D eigenvalue weighted by Gasteiger charge is 2.49. The lowest BCUT2D eigenvalue weighted by atomic mass is 9.77. The van der Waals surface area contributed by atoms with E-state index < -0.39 is 28.5 Å². The molecule has 0 aliphatic carbocycles. The third-order valence-corrected chi connectivity index (χ3v) is 6.31. The Balaban J connectivity index is 1.73. The zero-order chi connectivity index (χ0) is 21.2. The Morgan fingerprint density at radius 2 is 2.03 bits per heavy atom. The van der Waals surface area contributed by atoms with E-state index in [1.165, 1.54) is 10.8 Å². The van der Waals surface area contributed by atoms with Crippen molar-refractivity contribution in [1.82, 2.24) is 14.5 Å². The molecule has 1 aromatic heterocycles. The van der Waals surface area contributed by atoms with Crippen molar-refractivity contribution < 1.29 is 14.6 Å². The molecule has 3 rings (SSSR count). The minimum Gasteiger partial charge on any atom is -0.386 e. The topological polar surface area (TPSA) is 131 Å². The van der Waals surface area contributed by atoms with Crippen LogP contribution >= 0.6 is 0 Å². The molecule has 1 aromatic rings. The summed E-state index contributed by atoms with van der Waals surface area (Å²) in [5.74, 6) is 0.139. The molecule has 0 unspecified atom stereocenters. The number of nitrogens with one attached hydrogen (secondary N) is 1. The van der Waals surface area contributed by atoms with E-state index in [0.717, 1.165) is 12.8 Å². The lowest BCUT2D eigenvalue weighted by Gasteiger charge is -2.51. The van der Waals surface area contributed by atoms with Gasteiger partial charge in [-0.2, -0.15) is 0 Å². The molecule has 4 N–H and O–H groups in total. The van der Waals surface area contributed by atoms with Gasteiger partial charge in [0.05, 0.1) is 18.2 Å². The Bertz CT molecular complexity index is 851. The number of nitrogens with two attached hydrogens (primary N) is 1. The van der Waals surface area contributed by atoms with Gasteiger partial charge < -0.3 is 20.5 Å². The van der Waals surface area contributed by atoms with Gasteiger partial charge in [-0.15, -0.1) is 0 Å². The number of aryl methyl sites for hydroxylation is 1. The SMILES string of the molecule is Cc1cn([C@H]2CC3(CCN(C(=O)CCCCN)CC3)OC[C@]2(C)O)c(=O)[nH]c1=O. The first-order valence-corrected chi connectivity index (χ1v) is 10.3. The molecule has 2 aliphatic rings. The number of hydrogen-bond donors (Lipinski definition) is 3. The number of nitrogens with zero attached hydrogens (tertiary/aromatic N) is 2. The number of aromatic nitrogens is 2. The van der Waals surface area contributed by atoms with Crippen molar-refractivity contribution in [2.45, 2.75) is 69.6 Å². The van der Waals surface area contributed by atoms with E-state index in [1.807, 2.05) is 4.90 Å². The first kappa shape index (κ1) is 21.7. The number of aromatic amines is 1. The van der Waals surface area contributed by atoms with Crippen LogP contribution in [0.1, 0.15) is 57.1 Å². The molecular weight excluding hydrogens is 376 g/mol. The quantitative estimate of drug-likeness (QED) is 0.590. The molecule has 3 heterocycles. The molecule has 1 amide bonds. The van der Waals surface area contributed by atoms with Crippen LogP contribution in [0.5, 0.6) is 0 Å². The molecule has 2 saturated heterocycles. The Morgan fingerprint density at radius 3 is 2.69 bits per heavy atom. The van der Waals surface area contributed by atoms with Crippen molar-refractivity contribution in [2.24, 2.45) is 5.73 Å². The standard InChI is InChI=1S/C20H32N4O5/c1-14-12-24(18(27)22-17(14)26)15-11-20(29-13-19(15,2)28)6-9-23(10-7-20)16(25)5-3-4-8-21/h12,15,28H,3-11,13,21H2,1-2H3,(H,22,26,27)/t15-,19-/m0/s1. The van der Waals surface area contributed by atoms with Gasteiger partial charge in [-0.1, -0.05) is 0 Å². The van der Waals surface area contributed by atoms with E-state index >= 15 is 0 Å². The number of aliphatic hydroxyl groups is 1. The second-order valence-corrected chi connectivity index (χ2v) is 8.65. The first-order chi connectivity index (χ1) is 13.7. The van der Waals surface area contributed by atoms with E-state index in [2.05, 4.69) is 4.98 Å². The second-order valence-electron chi connectivity index (χ2n) is 8.65. The molecule has 2 atom stereocenters. The van der Waals surface area contributed by atoms with Gasteiger partial charge in [0.2, 0.25) is 5.91 Å². The van der Waals surface area contributed by atoms with Crippen LogP contribution in [0.15, 0.2) is 15.8 Å². The predicted molar refractivity (Wildman–Crippen MR) is 108 cm³/mol. The van der Waals surface area contributed by atoms with Gasteiger partial charge in [-0.05, 0) is 46.1 Å². The summed E-state index contributed by atoms with van der Waals surface area (Å²) in [7, 11) is 0. The molecule has 162 valence electrons. The fourth-order valence-corrected chi connectivity index (χ4v) is 4.33. The number of unbranched alkanes of at least 4 members (excludes halogenated alkanes) is 1. The maximum Gasteiger partial charge on any atom is 0.328 e. The highest BCUT2D eigenvalue weighted by Crippen LogP contribution is 2.43. The number of amides is 1. The third kappa shape index (κ3) is 4.62. The molecule has 9 heteroatoms. The minimum atomic E-state index is -1.24. The van der Waals surface area contributed by atoms with E-state index in [1.54, 1.807) is 13.8 Å². The summed E-state index contributed by atoms with van der Waals surface area (Å²) in [6.07, 6.45) is 5.41. The highest BCUT2D eigenvalue weighted by atomic mass is 16.5. The van der Waals surface area contributed by atoms with Crippen LogP contribution < -0.4 is 17.0 Å². The van der Waals surface area contributed by atoms with Gasteiger partial charge in [0.15, 0.2) is 0 Å². The van der Waals surface area contributed by atoms with Gasteiger partial charge in [-0.25, -0.2) is 4.79 Å². The number of piperidine rings is 1. The van der Waals surface area contributed by atoms with E-state index in [9.17, 15) is 19.5 Å². The Labute approximate surface area is 169 Å². The summed E-state index contributed by atoms with van der Waals surface area (Å²) in [6, 6.07) is -0.522. The smallest absolute Gasteiger partial charge is 0.328 e. The third-order valence-electron chi connectivity index (χ3n) is 6.31. The molecule has 1 spiro atoms. The maximum atomic E-state index is 12.4. The van der Waals surface area contributed by atoms with Crippen molar-refractivity contribution >= 4 is 5.91 Å². The number of ether oxygens (including phenoxy) is 1. The molecule has 0 bridgehead atoms. The zero-order valence-electron chi connectivity index (χ0n) is 17.3. The molecule has 2 fully saturated rings. The number of likely N-dealkylation sites (tertiary alicyclic amines) is 1. The van der Waals surface area contributed by atoms with Gasteiger partial charge in [0, 0.05) is 37.7 Å². The largest absolute Gasteiger partial charge is 0.386 e. The average molecular weight is 408 g/mol. The summed E-state index contributed by atoms with van der Waals surface area (Å²) in [4.78, 5) is 40.7. The van der Waals surface area contributed by atoms with Gasteiger partial charge >= 0.3 is 5.69 Å². The van der Waals surface area contributed by atoms with Crippen molar-refractivity contribution in [3.05, 3.63) is 32.6 Å². The van der Waals surface area contributed by atoms with Crippen LogP contribution in [0, 0.1) is 6.92 Å². The summed E-state index contributed by atoms with van der Waals surface area (Å²) < 4.78 is 7.52. The summed E-state index contributed by atoms with van der Waals surface area (Å²) in [5, 5.41) is 10.9. The second kappa shape index (κ2) is 8.41. The van der Waals surface area contributed by atoms with Crippen LogP contribution in [0.25, 0.3) is 0 Å². The van der Waals surface area contributed by atoms with Crippen molar-refractivity contribution in [3.8, 4) is 0 Å². The Kier molecular flexibility index (Phi) is 6.30. The highest BCUT2D eigenvalue weighted by molar-refractivity contribution is 5.76. The average Bonchev–Trinajstić information content (AvgIpc) is 2.68. The lowest BCUT2D eigenvalue weighted by molar-refractivity contribution is -0.202. The van der Waals surface area contributed by atoms with Gasteiger partial charge in [0.25, 0.3) is 5.56 Å². The molecule has 2 aliphatic heterocycles. The fraction of sp³-hybridized carbons (Fsp3) is 0.750. The lowest BCUT2D eigenvalue weighted by Crippen LogP contribution is -2.59. The molecular formula is C20H32N4O5. The van der Waals surface area contributed by atoms with Crippen LogP contribution in [0.3, 0.4) is 0 Å². The molecule has 0 saturated carbocycles. The molecule has 0 aromatic carbocycles. The summed E-state index contributed by atoms with van der Waals surface area (Å²) in [6.45, 7) is 5.15. The van der Waals surface area contributed by atoms with E-state index in [4.69, 9.17) is 10.5 Å². The number of H-pyrrole nitrogens is 1. The molecule has 9 nitrogen and oxygen atoms in total. The van der Waals surface area contributed by atoms with Crippen LogP contribution in [0.2, 0.25) is 0 Å². The van der Waals surface area contributed by atoms with Crippen molar-refractivity contribution in [1.29, 1.82) is 0 Å². The van der Waals surface area contributed by atoms with Crippen molar-refractivity contribution in [2.75, 3.05) is 26.2 Å². The Hall–Kier alpha value is -1.97. The van der Waals surface area contributed by atoms with E-state index in [0.29, 0.717) is 50.9 Å². The number of carbonyl (C=O) groups is 1. The molecule has 0 radical (unpaired) electrons. The summed E-state index contributed by atoms with van der Waals surface area (Å²) in [5.41, 5.74) is 3.22. The Morgan fingerprint density at radius 1 is 1.34 bits per heavy atom. The minimum absolute atomic E-state index is 0.0900. The normalized spacial score (nSPS) is 26.6. The number of hydrogen-bond acceptors (Lipinski definition) is 6. The van der Waals surface area contributed by atoms with E-state index in [-0.39, 0.29) is 12.5 Å². The predicted octanol–water partition coefficient (Wildman–Crippen LogP) is 0.0476. The summed E-state index contributed by atoms with van der Waals surface area (Å²) >= 11 is 0. The number of rotatable bonds is 5. The fourth-order valence-electron chi connectivity index (χ4n) is 4.33. The van der Waals surface area contributed by atoms with Gasteiger partial charge in [-0.3, -0.25) is 19.1 Å². The van der Waals surface area contributed by atoms with Crippen molar-refractivity contribution in [3.63, 3.8) is 0 Å². The maximum absolute atomic E-state index is 12.4.